The molecule has 1 unspecified atom stereocenters. The van der Waals surface area contributed by atoms with E-state index in [0.29, 0.717) is 19.3 Å². The molecule has 6 nitrogen and oxygen atoms in total. The van der Waals surface area contributed by atoms with Crippen molar-refractivity contribution < 1.29 is 28.6 Å². The second kappa shape index (κ2) is 55.4. The number of unbranched alkanes of at least 4 members (excludes halogenated alkanes) is 28. The van der Waals surface area contributed by atoms with Crippen LogP contribution in [0.3, 0.4) is 0 Å². The van der Waals surface area contributed by atoms with Gasteiger partial charge in [-0.3, -0.25) is 14.4 Å². The van der Waals surface area contributed by atoms with Crippen LogP contribution in [0.1, 0.15) is 278 Å². The van der Waals surface area contributed by atoms with Gasteiger partial charge in [0.15, 0.2) is 6.10 Å². The smallest absolute Gasteiger partial charge is 0.306 e. The normalized spacial score (nSPS) is 12.6. The monoisotopic (exact) mass is 935 g/mol. The molecule has 386 valence electrons. The Hall–Kier alpha value is -3.15. The van der Waals surface area contributed by atoms with E-state index in [9.17, 15) is 14.4 Å². The second-order valence-corrected chi connectivity index (χ2v) is 18.8. The van der Waals surface area contributed by atoms with Gasteiger partial charge < -0.3 is 14.2 Å². The maximum absolute atomic E-state index is 12.8. The first kappa shape index (κ1) is 63.8. The van der Waals surface area contributed by atoms with Gasteiger partial charge in [-0.05, 0) is 83.5 Å². The average molecular weight is 936 g/mol. The lowest BCUT2D eigenvalue weighted by Gasteiger charge is -2.18. The summed E-state index contributed by atoms with van der Waals surface area (Å²) in [7, 11) is 0. The molecular weight excluding hydrogens is 829 g/mol. The van der Waals surface area contributed by atoms with E-state index in [1.165, 1.54) is 148 Å². The zero-order valence-electron chi connectivity index (χ0n) is 44.2. The molecule has 0 saturated carbocycles. The number of ether oxygens (including phenoxy) is 3. The number of allylic oxidation sites excluding steroid dienone is 12. The highest BCUT2D eigenvalue weighted by molar-refractivity contribution is 5.71. The molecule has 0 spiro atoms. The minimum absolute atomic E-state index is 0.0974. The minimum atomic E-state index is -0.806. The third kappa shape index (κ3) is 53.7. The first-order valence-electron chi connectivity index (χ1n) is 28.4. The van der Waals surface area contributed by atoms with Crippen molar-refractivity contribution in [2.75, 3.05) is 13.2 Å². The molecule has 0 fully saturated rings. The molecule has 1 atom stereocenters. The minimum Gasteiger partial charge on any atom is -0.462 e. The quantitative estimate of drug-likeness (QED) is 0.0262. The van der Waals surface area contributed by atoms with Crippen molar-refractivity contribution in [3.05, 3.63) is 72.9 Å². The fraction of sp³-hybridized carbons (Fsp3) is 0.754. The highest BCUT2D eigenvalue weighted by Gasteiger charge is 2.19. The van der Waals surface area contributed by atoms with Crippen LogP contribution in [-0.2, 0) is 28.6 Å². The maximum atomic E-state index is 12.8. The summed E-state index contributed by atoms with van der Waals surface area (Å²) >= 11 is 0. The van der Waals surface area contributed by atoms with Crippen LogP contribution in [0.4, 0.5) is 0 Å². The number of hydrogen-bond donors (Lipinski definition) is 0. The second-order valence-electron chi connectivity index (χ2n) is 18.8. The molecule has 0 saturated heterocycles. The molecule has 0 aromatic carbocycles. The van der Waals surface area contributed by atoms with Gasteiger partial charge in [0.2, 0.25) is 0 Å². The van der Waals surface area contributed by atoms with E-state index < -0.39 is 6.10 Å². The number of rotatable bonds is 51. The average Bonchev–Trinajstić information content (AvgIpc) is 3.33. The molecule has 0 bridgehead atoms. The van der Waals surface area contributed by atoms with Crippen molar-refractivity contribution in [3.63, 3.8) is 0 Å². The third-order valence-corrected chi connectivity index (χ3v) is 12.2. The first-order valence-corrected chi connectivity index (χ1v) is 28.4. The van der Waals surface area contributed by atoms with Gasteiger partial charge >= 0.3 is 17.9 Å². The fourth-order valence-corrected chi connectivity index (χ4v) is 7.94. The summed E-state index contributed by atoms with van der Waals surface area (Å²) in [6.45, 7) is 6.48. The highest BCUT2D eigenvalue weighted by atomic mass is 16.6. The predicted octanol–water partition coefficient (Wildman–Crippen LogP) is 19.0. The Morgan fingerprint density at radius 3 is 0.985 bits per heavy atom. The Morgan fingerprint density at radius 2 is 0.597 bits per heavy atom. The van der Waals surface area contributed by atoms with Crippen molar-refractivity contribution in [1.29, 1.82) is 0 Å². The van der Waals surface area contributed by atoms with Crippen LogP contribution in [0.2, 0.25) is 0 Å². The van der Waals surface area contributed by atoms with Gasteiger partial charge in [-0.25, -0.2) is 0 Å². The van der Waals surface area contributed by atoms with Gasteiger partial charge in [0.25, 0.3) is 0 Å². The van der Waals surface area contributed by atoms with E-state index in [-0.39, 0.29) is 37.5 Å². The highest BCUT2D eigenvalue weighted by Crippen LogP contribution is 2.16. The molecule has 0 rings (SSSR count). The molecular formula is C61H106O6. The van der Waals surface area contributed by atoms with Crippen LogP contribution in [0.25, 0.3) is 0 Å². The molecule has 0 aliphatic rings. The molecule has 0 aromatic rings. The summed E-state index contributed by atoms with van der Waals surface area (Å²) in [5.74, 6) is -0.954. The van der Waals surface area contributed by atoms with E-state index in [2.05, 4.69) is 93.7 Å². The van der Waals surface area contributed by atoms with Crippen molar-refractivity contribution in [3.8, 4) is 0 Å². The van der Waals surface area contributed by atoms with E-state index in [4.69, 9.17) is 14.2 Å². The maximum Gasteiger partial charge on any atom is 0.306 e. The molecule has 0 heterocycles. The molecule has 0 aromatic heterocycles. The van der Waals surface area contributed by atoms with Crippen molar-refractivity contribution in [2.45, 2.75) is 284 Å². The molecule has 0 radical (unpaired) electrons. The van der Waals surface area contributed by atoms with Crippen LogP contribution < -0.4 is 0 Å². The summed E-state index contributed by atoms with van der Waals surface area (Å²) in [6, 6.07) is 0. The molecule has 0 aliphatic carbocycles. The van der Waals surface area contributed by atoms with Gasteiger partial charge in [0.05, 0.1) is 0 Å². The zero-order chi connectivity index (χ0) is 48.6. The van der Waals surface area contributed by atoms with E-state index in [0.717, 1.165) is 83.5 Å². The third-order valence-electron chi connectivity index (χ3n) is 12.2. The van der Waals surface area contributed by atoms with Crippen LogP contribution in [0.5, 0.6) is 0 Å². The van der Waals surface area contributed by atoms with Gasteiger partial charge in [0, 0.05) is 19.3 Å². The van der Waals surface area contributed by atoms with Crippen LogP contribution in [-0.4, -0.2) is 37.2 Å². The Balaban J connectivity index is 4.44. The van der Waals surface area contributed by atoms with Crippen LogP contribution in [0, 0.1) is 0 Å². The van der Waals surface area contributed by atoms with Crippen molar-refractivity contribution in [2.24, 2.45) is 0 Å². The lowest BCUT2D eigenvalue weighted by atomic mass is 10.0. The van der Waals surface area contributed by atoms with E-state index >= 15 is 0 Å². The summed E-state index contributed by atoms with van der Waals surface area (Å²) in [6.07, 6.45) is 70.4. The van der Waals surface area contributed by atoms with Gasteiger partial charge in [-0.2, -0.15) is 0 Å². The lowest BCUT2D eigenvalue weighted by molar-refractivity contribution is -0.167. The van der Waals surface area contributed by atoms with Gasteiger partial charge in [-0.1, -0.05) is 248 Å². The standard InChI is InChI=1S/C61H106O6/c1-4-7-10-13-16-19-22-25-28-30-32-33-36-39-42-45-48-51-54-60(63)66-57-58(56-65-59(62)53-50-47-44-41-38-35-27-24-21-18-15-12-9-6-3)67-61(64)55-52-49-46-43-40-37-34-31-29-26-23-20-17-14-11-8-5-2/h9,12,17-18,20-21,26,29,34,37,43,46,58H,4-8,10-11,13-16,19,22-25,27-28,30-33,35-36,38-42,44-45,47-57H2,1-3H3/b12-9-,20-17-,21-18-,29-26-,37-34-,46-43-. The molecule has 0 N–H and O–H groups in total. The zero-order valence-corrected chi connectivity index (χ0v) is 44.2. The Labute approximate surface area is 414 Å². The topological polar surface area (TPSA) is 78.9 Å². The largest absolute Gasteiger partial charge is 0.462 e. The number of carbonyl (C=O) groups excluding carboxylic acids is 3. The van der Waals surface area contributed by atoms with Gasteiger partial charge in [0.1, 0.15) is 13.2 Å². The first-order chi connectivity index (χ1) is 33.0. The predicted molar refractivity (Wildman–Crippen MR) is 288 cm³/mol. The lowest BCUT2D eigenvalue weighted by Crippen LogP contribution is -2.30. The van der Waals surface area contributed by atoms with Crippen molar-refractivity contribution >= 4 is 17.9 Å². The summed E-state index contributed by atoms with van der Waals surface area (Å²) in [4.78, 5) is 38.1. The van der Waals surface area contributed by atoms with Crippen molar-refractivity contribution in [1.82, 2.24) is 0 Å². The fourth-order valence-electron chi connectivity index (χ4n) is 7.94. The molecule has 0 amide bonds. The molecule has 67 heavy (non-hydrogen) atoms. The SMILES string of the molecule is CC/C=C\C/C=C\CCCCCCCCCC(=O)OCC(COC(=O)CCCCCCCCCCCCCCCCCCCC)OC(=O)CCC/C=C\C/C=C\C/C=C\C/C=C\CCCCC. The van der Waals surface area contributed by atoms with E-state index in [1.54, 1.807) is 0 Å². The summed E-state index contributed by atoms with van der Waals surface area (Å²) < 4.78 is 16.8. The summed E-state index contributed by atoms with van der Waals surface area (Å²) in [5, 5.41) is 0. The number of esters is 3. The number of carbonyl (C=O) groups is 3. The Morgan fingerprint density at radius 1 is 0.313 bits per heavy atom. The van der Waals surface area contributed by atoms with Gasteiger partial charge in [-0.15, -0.1) is 0 Å². The Bertz CT molecular complexity index is 1260. The van der Waals surface area contributed by atoms with E-state index in [1.807, 2.05) is 0 Å². The Kier molecular flexibility index (Phi) is 52.8. The molecule has 0 aliphatic heterocycles. The van der Waals surface area contributed by atoms with Crippen LogP contribution >= 0.6 is 0 Å². The van der Waals surface area contributed by atoms with Crippen LogP contribution in [0.15, 0.2) is 72.9 Å². The molecule has 6 heteroatoms. The summed E-state index contributed by atoms with van der Waals surface area (Å²) in [5.41, 5.74) is 0. The number of hydrogen-bond acceptors (Lipinski definition) is 6.